The summed E-state index contributed by atoms with van der Waals surface area (Å²) in [5.41, 5.74) is 6.59. The lowest BCUT2D eigenvalue weighted by molar-refractivity contribution is 0.0679. The number of aliphatic hydroxyl groups excluding tert-OH is 1. The Labute approximate surface area is 197 Å². The van der Waals surface area contributed by atoms with Gasteiger partial charge < -0.3 is 25.2 Å². The van der Waals surface area contributed by atoms with E-state index >= 15 is 0 Å². The highest BCUT2D eigenvalue weighted by atomic mass is 16.4. The van der Waals surface area contributed by atoms with Gasteiger partial charge in [0.1, 0.15) is 11.4 Å². The molecule has 2 aromatic carbocycles. The number of aromatic nitrogens is 3. The molecule has 4 rings (SSSR count). The van der Waals surface area contributed by atoms with Crippen LogP contribution in [0, 0.1) is 13.8 Å². The topological polar surface area (TPSA) is 120 Å². The number of pyridine rings is 1. The summed E-state index contributed by atoms with van der Waals surface area (Å²) < 4.78 is 1.57. The first-order valence-corrected chi connectivity index (χ1v) is 11.2. The van der Waals surface area contributed by atoms with Gasteiger partial charge in [-0.05, 0) is 73.7 Å². The van der Waals surface area contributed by atoms with E-state index < -0.39 is 5.97 Å². The number of imidazole rings is 1. The Kier molecular flexibility index (Phi) is 6.79. The summed E-state index contributed by atoms with van der Waals surface area (Å²) in [7, 11) is 0. The summed E-state index contributed by atoms with van der Waals surface area (Å²) in [6.07, 6.45) is 1.47. The predicted molar refractivity (Wildman–Crippen MR) is 130 cm³/mol. The summed E-state index contributed by atoms with van der Waals surface area (Å²) >= 11 is 0. The minimum Gasteiger partial charge on any atom is -0.506 e. The molecule has 0 atom stereocenters. The van der Waals surface area contributed by atoms with Crippen LogP contribution in [-0.4, -0.2) is 42.4 Å². The first-order valence-electron chi connectivity index (χ1n) is 11.2. The van der Waals surface area contributed by atoms with Crippen molar-refractivity contribution in [1.29, 1.82) is 0 Å². The van der Waals surface area contributed by atoms with Crippen molar-refractivity contribution in [3.05, 3.63) is 82.4 Å². The smallest absolute Gasteiger partial charge is 0.372 e. The van der Waals surface area contributed by atoms with E-state index in [1.54, 1.807) is 16.7 Å². The van der Waals surface area contributed by atoms with Gasteiger partial charge in [-0.2, -0.15) is 0 Å². The van der Waals surface area contributed by atoms with Crippen LogP contribution in [0.5, 0.6) is 5.75 Å². The molecule has 0 amide bonds. The number of aromatic carboxylic acids is 1. The maximum Gasteiger partial charge on any atom is 0.372 e. The van der Waals surface area contributed by atoms with Crippen LogP contribution in [-0.2, 0) is 19.5 Å². The summed E-state index contributed by atoms with van der Waals surface area (Å²) in [5, 5.41) is 32.6. The van der Waals surface area contributed by atoms with E-state index in [1.165, 1.54) is 0 Å². The molecule has 0 fully saturated rings. The van der Waals surface area contributed by atoms with E-state index in [4.69, 9.17) is 0 Å². The second-order valence-corrected chi connectivity index (χ2v) is 8.41. The maximum absolute atomic E-state index is 11.9. The number of anilines is 1. The van der Waals surface area contributed by atoms with E-state index in [2.05, 4.69) is 33.5 Å². The lowest BCUT2D eigenvalue weighted by Crippen LogP contribution is -2.12. The molecule has 2 aromatic heterocycles. The Morgan fingerprint density at radius 2 is 1.88 bits per heavy atom. The summed E-state index contributed by atoms with van der Waals surface area (Å²) in [6.45, 7) is 4.62. The van der Waals surface area contributed by atoms with Crippen LogP contribution in [0.25, 0.3) is 11.0 Å². The third kappa shape index (κ3) is 5.02. The first kappa shape index (κ1) is 23.3. The minimum absolute atomic E-state index is 0.0106. The van der Waals surface area contributed by atoms with Crippen LogP contribution in [0.3, 0.4) is 0 Å². The third-order valence-corrected chi connectivity index (χ3v) is 5.75. The number of aryl methyl sites for hydroxylation is 3. The van der Waals surface area contributed by atoms with Crippen LogP contribution in [0.2, 0.25) is 0 Å². The van der Waals surface area contributed by atoms with Gasteiger partial charge in [0.15, 0.2) is 0 Å². The molecule has 0 saturated heterocycles. The predicted octanol–water partition coefficient (Wildman–Crippen LogP) is 4.04. The SMILES string of the molecule is Cc1ccc(CCCO)c(NCc2ccc3nc(C(=O)O)n(Cc4nc(C)ccc4O)c3c2)c1. The van der Waals surface area contributed by atoms with Crippen molar-refractivity contribution in [3.8, 4) is 5.75 Å². The number of hydrogen-bond acceptors (Lipinski definition) is 6. The quantitative estimate of drug-likeness (QED) is 0.297. The van der Waals surface area contributed by atoms with Gasteiger partial charge in [-0.3, -0.25) is 4.98 Å². The highest BCUT2D eigenvalue weighted by molar-refractivity contribution is 5.90. The standard InChI is InChI=1S/C26H28N4O4/c1-16-5-8-19(4-3-11-31)21(12-16)27-14-18-7-9-20-23(13-18)30(25(29-20)26(33)34)15-22-24(32)10-6-17(2)28-22/h5-10,12-13,27,31-32H,3-4,11,14-15H2,1-2H3,(H,33,34). The summed E-state index contributed by atoms with van der Waals surface area (Å²) in [5.74, 6) is -1.24. The number of carboxylic acids is 1. The van der Waals surface area contributed by atoms with Crippen LogP contribution >= 0.6 is 0 Å². The van der Waals surface area contributed by atoms with Crippen LogP contribution in [0.1, 0.15) is 45.1 Å². The van der Waals surface area contributed by atoms with Gasteiger partial charge in [0.25, 0.3) is 0 Å². The lowest BCUT2D eigenvalue weighted by atomic mass is 10.0. The molecule has 2 heterocycles. The number of rotatable bonds is 9. The van der Waals surface area contributed by atoms with Crippen molar-refractivity contribution in [3.63, 3.8) is 0 Å². The molecule has 4 aromatic rings. The molecule has 8 nitrogen and oxygen atoms in total. The van der Waals surface area contributed by atoms with Gasteiger partial charge in [0.2, 0.25) is 5.82 Å². The molecule has 0 spiro atoms. The van der Waals surface area contributed by atoms with E-state index in [-0.39, 0.29) is 24.7 Å². The van der Waals surface area contributed by atoms with Crippen molar-refractivity contribution in [2.45, 2.75) is 39.8 Å². The van der Waals surface area contributed by atoms with Gasteiger partial charge >= 0.3 is 5.97 Å². The van der Waals surface area contributed by atoms with E-state index in [1.807, 2.05) is 32.0 Å². The van der Waals surface area contributed by atoms with Gasteiger partial charge in [-0.25, -0.2) is 9.78 Å². The number of carboxylic acid groups (broad SMARTS) is 1. The van der Waals surface area contributed by atoms with Crippen molar-refractivity contribution in [2.24, 2.45) is 0 Å². The van der Waals surface area contributed by atoms with Crippen molar-refractivity contribution in [2.75, 3.05) is 11.9 Å². The van der Waals surface area contributed by atoms with Crippen molar-refractivity contribution in [1.82, 2.24) is 14.5 Å². The Morgan fingerprint density at radius 3 is 2.65 bits per heavy atom. The highest BCUT2D eigenvalue weighted by Crippen LogP contribution is 2.24. The molecular formula is C26H28N4O4. The molecule has 0 aliphatic carbocycles. The molecular weight excluding hydrogens is 432 g/mol. The molecule has 176 valence electrons. The Morgan fingerprint density at radius 1 is 1.06 bits per heavy atom. The molecule has 0 radical (unpaired) electrons. The number of nitrogens with one attached hydrogen (secondary N) is 1. The molecule has 4 N–H and O–H groups in total. The fourth-order valence-electron chi connectivity index (χ4n) is 4.01. The van der Waals surface area contributed by atoms with Crippen LogP contribution in [0.4, 0.5) is 5.69 Å². The number of fused-ring (bicyclic) bond motifs is 1. The number of aromatic hydroxyl groups is 1. The number of benzene rings is 2. The van der Waals surface area contributed by atoms with Crippen molar-refractivity contribution < 1.29 is 20.1 Å². The molecule has 0 aliphatic rings. The summed E-state index contributed by atoms with van der Waals surface area (Å²) in [6, 6.07) is 15.1. The monoisotopic (exact) mass is 460 g/mol. The normalized spacial score (nSPS) is 11.1. The fourth-order valence-corrected chi connectivity index (χ4v) is 4.01. The third-order valence-electron chi connectivity index (χ3n) is 5.75. The highest BCUT2D eigenvalue weighted by Gasteiger charge is 2.19. The van der Waals surface area contributed by atoms with Gasteiger partial charge in [0, 0.05) is 24.5 Å². The summed E-state index contributed by atoms with van der Waals surface area (Å²) in [4.78, 5) is 20.6. The second-order valence-electron chi connectivity index (χ2n) is 8.41. The van der Waals surface area contributed by atoms with E-state index in [0.717, 1.165) is 34.5 Å². The van der Waals surface area contributed by atoms with Gasteiger partial charge in [-0.15, -0.1) is 0 Å². The average molecular weight is 461 g/mol. The molecule has 0 bridgehead atoms. The maximum atomic E-state index is 11.9. The second kappa shape index (κ2) is 9.93. The Bertz CT molecular complexity index is 1350. The number of aliphatic hydroxyl groups is 1. The number of carbonyl (C=O) groups is 1. The zero-order valence-electron chi connectivity index (χ0n) is 19.2. The molecule has 0 unspecified atom stereocenters. The molecule has 8 heteroatoms. The number of nitrogens with zero attached hydrogens (tertiary/aromatic N) is 3. The Hall–Kier alpha value is -3.91. The zero-order valence-corrected chi connectivity index (χ0v) is 19.2. The van der Waals surface area contributed by atoms with E-state index in [0.29, 0.717) is 29.7 Å². The van der Waals surface area contributed by atoms with E-state index in [9.17, 15) is 20.1 Å². The van der Waals surface area contributed by atoms with Gasteiger partial charge in [0.05, 0.1) is 17.6 Å². The van der Waals surface area contributed by atoms with Gasteiger partial charge in [-0.1, -0.05) is 18.2 Å². The molecule has 34 heavy (non-hydrogen) atoms. The fraction of sp³-hybridized carbons (Fsp3) is 0.269. The van der Waals surface area contributed by atoms with Crippen LogP contribution in [0.15, 0.2) is 48.5 Å². The molecule has 0 saturated carbocycles. The average Bonchev–Trinajstić information content (AvgIpc) is 3.17. The first-order chi connectivity index (χ1) is 16.4. The minimum atomic E-state index is -1.14. The van der Waals surface area contributed by atoms with Crippen LogP contribution < -0.4 is 5.32 Å². The molecule has 0 aliphatic heterocycles. The van der Waals surface area contributed by atoms with Crippen molar-refractivity contribution >= 4 is 22.7 Å². The Balaban J connectivity index is 1.66. The largest absolute Gasteiger partial charge is 0.506 e. The number of hydrogen-bond donors (Lipinski definition) is 4. The lowest BCUT2D eigenvalue weighted by Gasteiger charge is -2.14. The zero-order chi connectivity index (χ0) is 24.2.